The Balaban J connectivity index is 1.59. The molecule has 1 aliphatic heterocycles. The summed E-state index contributed by atoms with van der Waals surface area (Å²) in [7, 11) is 0. The number of hydrogen-bond acceptors (Lipinski definition) is 5. The van der Waals surface area contributed by atoms with Crippen molar-refractivity contribution in [1.82, 2.24) is 15.8 Å². The van der Waals surface area contributed by atoms with Crippen molar-refractivity contribution < 1.29 is 14.4 Å². The van der Waals surface area contributed by atoms with Gasteiger partial charge in [-0.15, -0.1) is 11.8 Å². The molecule has 8 heteroatoms. The van der Waals surface area contributed by atoms with Crippen LogP contribution >= 0.6 is 11.8 Å². The summed E-state index contributed by atoms with van der Waals surface area (Å²) in [4.78, 5) is 43.0. The number of hydrogen-bond donors (Lipinski definition) is 2. The molecule has 26 heavy (non-hydrogen) atoms. The Hall–Kier alpha value is -2.87. The average molecular weight is 370 g/mol. The van der Waals surface area contributed by atoms with Crippen LogP contribution in [-0.2, 0) is 9.59 Å². The maximum absolute atomic E-state index is 12.3. The fourth-order valence-corrected chi connectivity index (χ4v) is 3.15. The average Bonchev–Trinajstić information content (AvgIpc) is 3.08. The summed E-state index contributed by atoms with van der Waals surface area (Å²) < 4.78 is 0. The minimum Gasteiger partial charge on any atom is -0.312 e. The van der Waals surface area contributed by atoms with Crippen LogP contribution in [0, 0.1) is 5.92 Å². The van der Waals surface area contributed by atoms with Crippen LogP contribution in [0.1, 0.15) is 16.8 Å². The molecule has 2 heterocycles. The van der Waals surface area contributed by atoms with Crippen molar-refractivity contribution in [2.24, 2.45) is 5.92 Å². The number of amides is 3. The summed E-state index contributed by atoms with van der Waals surface area (Å²) in [6.45, 7) is 0.283. The van der Waals surface area contributed by atoms with E-state index in [1.165, 1.54) is 6.20 Å². The summed E-state index contributed by atoms with van der Waals surface area (Å²) in [5.74, 6) is -1.48. The number of thioether (sulfide) groups is 1. The van der Waals surface area contributed by atoms with Gasteiger partial charge in [-0.1, -0.05) is 6.07 Å². The van der Waals surface area contributed by atoms with E-state index in [1.54, 1.807) is 35.0 Å². The molecular formula is C18H18N4O3S. The number of aromatic nitrogens is 1. The summed E-state index contributed by atoms with van der Waals surface area (Å²) in [5.41, 5.74) is 5.85. The van der Waals surface area contributed by atoms with Crippen molar-refractivity contribution in [2.75, 3.05) is 17.7 Å². The zero-order valence-corrected chi connectivity index (χ0v) is 15.0. The molecule has 134 valence electrons. The van der Waals surface area contributed by atoms with E-state index in [1.807, 2.05) is 30.5 Å². The van der Waals surface area contributed by atoms with Crippen LogP contribution in [-0.4, -0.2) is 35.5 Å². The van der Waals surface area contributed by atoms with Gasteiger partial charge in [0.05, 0.1) is 11.5 Å². The lowest BCUT2D eigenvalue weighted by Crippen LogP contribution is -2.45. The fraction of sp³-hybridized carbons (Fsp3) is 0.222. The third kappa shape index (κ3) is 4.02. The van der Waals surface area contributed by atoms with Gasteiger partial charge in [-0.05, 0) is 36.6 Å². The Morgan fingerprint density at radius 3 is 2.81 bits per heavy atom. The number of nitrogens with one attached hydrogen (secondary N) is 2. The second-order valence-electron chi connectivity index (χ2n) is 5.79. The van der Waals surface area contributed by atoms with E-state index >= 15 is 0 Å². The van der Waals surface area contributed by atoms with Gasteiger partial charge in [0, 0.05) is 35.9 Å². The van der Waals surface area contributed by atoms with E-state index in [0.29, 0.717) is 5.56 Å². The minimum atomic E-state index is -0.519. The first kappa shape index (κ1) is 17.9. The lowest BCUT2D eigenvalue weighted by atomic mass is 10.1. The lowest BCUT2D eigenvalue weighted by molar-refractivity contribution is -0.126. The minimum absolute atomic E-state index is 0.109. The molecule has 1 aliphatic rings. The van der Waals surface area contributed by atoms with Gasteiger partial charge in [-0.3, -0.25) is 30.2 Å². The van der Waals surface area contributed by atoms with Gasteiger partial charge < -0.3 is 4.90 Å². The Morgan fingerprint density at radius 2 is 2.08 bits per heavy atom. The Kier molecular flexibility index (Phi) is 5.52. The van der Waals surface area contributed by atoms with Gasteiger partial charge >= 0.3 is 0 Å². The predicted molar refractivity (Wildman–Crippen MR) is 98.5 cm³/mol. The molecule has 1 aromatic carbocycles. The van der Waals surface area contributed by atoms with Crippen molar-refractivity contribution in [3.8, 4) is 0 Å². The normalized spacial score (nSPS) is 16.4. The van der Waals surface area contributed by atoms with Crippen LogP contribution in [0.25, 0.3) is 0 Å². The van der Waals surface area contributed by atoms with Crippen LogP contribution in [0.2, 0.25) is 0 Å². The number of carbonyl (C=O) groups is 3. The number of pyridine rings is 1. The second kappa shape index (κ2) is 8.01. The second-order valence-corrected chi connectivity index (χ2v) is 6.67. The third-order valence-electron chi connectivity index (χ3n) is 4.08. The van der Waals surface area contributed by atoms with Crippen molar-refractivity contribution in [3.05, 3.63) is 54.4 Å². The van der Waals surface area contributed by atoms with Gasteiger partial charge in [0.15, 0.2) is 0 Å². The summed E-state index contributed by atoms with van der Waals surface area (Å²) in [5, 5.41) is 0. The number of hydrazine groups is 1. The van der Waals surface area contributed by atoms with Crippen molar-refractivity contribution >= 4 is 35.2 Å². The Bertz CT molecular complexity index is 828. The topological polar surface area (TPSA) is 91.4 Å². The first-order chi connectivity index (χ1) is 12.6. The maximum Gasteiger partial charge on any atom is 0.271 e. The van der Waals surface area contributed by atoms with Gasteiger partial charge in [-0.2, -0.15) is 0 Å². The van der Waals surface area contributed by atoms with Gasteiger partial charge in [-0.25, -0.2) is 0 Å². The van der Waals surface area contributed by atoms with Crippen LogP contribution in [0.3, 0.4) is 0 Å². The summed E-state index contributed by atoms with van der Waals surface area (Å²) >= 11 is 1.59. The molecule has 1 atom stereocenters. The first-order valence-electron chi connectivity index (χ1n) is 8.03. The highest BCUT2D eigenvalue weighted by Crippen LogP contribution is 2.28. The van der Waals surface area contributed by atoms with Gasteiger partial charge in [0.1, 0.15) is 0 Å². The largest absolute Gasteiger partial charge is 0.312 e. The molecule has 1 saturated heterocycles. The summed E-state index contributed by atoms with van der Waals surface area (Å²) in [6.07, 6.45) is 5.03. The highest BCUT2D eigenvalue weighted by molar-refractivity contribution is 7.98. The van der Waals surface area contributed by atoms with Gasteiger partial charge in [0.2, 0.25) is 11.8 Å². The third-order valence-corrected chi connectivity index (χ3v) is 4.81. The van der Waals surface area contributed by atoms with Gasteiger partial charge in [0.25, 0.3) is 5.91 Å². The van der Waals surface area contributed by atoms with Crippen LogP contribution in [0.4, 0.5) is 5.69 Å². The molecule has 0 spiro atoms. The zero-order valence-electron chi connectivity index (χ0n) is 14.1. The SMILES string of the molecule is CSc1cccc(N2CC(C(=O)NNC(=O)c3cccnc3)CC2=O)c1. The molecule has 1 fully saturated rings. The highest BCUT2D eigenvalue weighted by Gasteiger charge is 2.35. The zero-order chi connectivity index (χ0) is 18.5. The van der Waals surface area contributed by atoms with Crippen LogP contribution in [0.15, 0.2) is 53.7 Å². The molecule has 0 bridgehead atoms. The fourth-order valence-electron chi connectivity index (χ4n) is 2.70. The quantitative estimate of drug-likeness (QED) is 0.630. The van der Waals surface area contributed by atoms with Crippen LogP contribution < -0.4 is 15.8 Å². The monoisotopic (exact) mass is 370 g/mol. The first-order valence-corrected chi connectivity index (χ1v) is 9.25. The van der Waals surface area contributed by atoms with E-state index in [2.05, 4.69) is 15.8 Å². The van der Waals surface area contributed by atoms with Crippen molar-refractivity contribution in [2.45, 2.75) is 11.3 Å². The van der Waals surface area contributed by atoms with E-state index in [4.69, 9.17) is 0 Å². The number of benzene rings is 1. The summed E-state index contributed by atoms with van der Waals surface area (Å²) in [6, 6.07) is 10.8. The number of carbonyl (C=O) groups excluding carboxylic acids is 3. The Labute approximate surface area is 155 Å². The molecule has 1 unspecified atom stereocenters. The molecule has 2 N–H and O–H groups in total. The maximum atomic E-state index is 12.3. The van der Waals surface area contributed by atoms with E-state index in [-0.39, 0.29) is 24.8 Å². The van der Waals surface area contributed by atoms with Crippen LogP contribution in [0.5, 0.6) is 0 Å². The molecule has 7 nitrogen and oxygen atoms in total. The number of rotatable bonds is 4. The predicted octanol–water partition coefficient (Wildman–Crippen LogP) is 1.62. The molecule has 0 saturated carbocycles. The Morgan fingerprint density at radius 1 is 1.23 bits per heavy atom. The van der Waals surface area contributed by atoms with E-state index < -0.39 is 11.8 Å². The van der Waals surface area contributed by atoms with E-state index in [0.717, 1.165) is 10.6 Å². The molecule has 3 amide bonds. The molecule has 3 rings (SSSR count). The molecular weight excluding hydrogens is 352 g/mol. The smallest absolute Gasteiger partial charge is 0.271 e. The highest BCUT2D eigenvalue weighted by atomic mass is 32.2. The molecule has 1 aromatic heterocycles. The number of nitrogens with zero attached hydrogens (tertiary/aromatic N) is 2. The number of anilines is 1. The molecule has 2 aromatic rings. The van der Waals surface area contributed by atoms with Crippen molar-refractivity contribution in [3.63, 3.8) is 0 Å². The van der Waals surface area contributed by atoms with Crippen molar-refractivity contribution in [1.29, 1.82) is 0 Å². The lowest BCUT2D eigenvalue weighted by Gasteiger charge is -2.17. The van der Waals surface area contributed by atoms with E-state index in [9.17, 15) is 14.4 Å². The molecule has 0 radical (unpaired) electrons. The molecule has 0 aliphatic carbocycles. The standard InChI is InChI=1S/C18H18N4O3S/c1-26-15-6-2-5-14(9-15)22-11-13(8-16(22)23)18(25)21-20-17(24)12-4-3-7-19-10-12/h2-7,9-10,13H,8,11H2,1H3,(H,20,24)(H,21,25).